The molecule has 0 aliphatic carbocycles. The Bertz CT molecular complexity index is 781. The first kappa shape index (κ1) is 33.7. The molecular weight excluding hydrogens is 463 g/mol. The van der Waals surface area contributed by atoms with Gasteiger partial charge in [-0.25, -0.2) is 0 Å². The lowest BCUT2D eigenvalue weighted by Crippen LogP contribution is -2.25. The molecule has 0 radical (unpaired) electrons. The minimum Gasteiger partial charge on any atom is -0.790 e. The molecule has 0 aromatic carbocycles. The molecule has 0 bridgehead atoms. The zero-order valence-electron chi connectivity index (χ0n) is 22.7. The topological polar surface area (TPSA) is 102 Å². The molecule has 1 atom stereocenters. The van der Waals surface area contributed by atoms with Crippen molar-refractivity contribution in [3.8, 4) is 0 Å². The third-order valence-electron chi connectivity index (χ3n) is 5.47. The highest BCUT2D eigenvalue weighted by atomic mass is 31.2. The lowest BCUT2D eigenvalue weighted by Gasteiger charge is -2.29. The molecule has 0 aromatic rings. The van der Waals surface area contributed by atoms with E-state index in [0.29, 0.717) is 6.61 Å². The Morgan fingerprint density at radius 2 is 1.11 bits per heavy atom. The number of allylic oxidation sites excluding steroid dienone is 9. The van der Waals surface area contributed by atoms with Crippen molar-refractivity contribution >= 4 is 7.82 Å². The van der Waals surface area contributed by atoms with Gasteiger partial charge in [-0.1, -0.05) is 58.2 Å². The summed E-state index contributed by atoms with van der Waals surface area (Å²) in [5.74, 6) is 0. The van der Waals surface area contributed by atoms with Crippen LogP contribution in [0, 0.1) is 0 Å². The van der Waals surface area contributed by atoms with Gasteiger partial charge in [0.2, 0.25) is 0 Å². The van der Waals surface area contributed by atoms with Gasteiger partial charge in [-0.15, -0.1) is 0 Å². The lowest BCUT2D eigenvalue weighted by atomic mass is 10.0. The highest BCUT2D eigenvalue weighted by Gasteiger charge is 2.05. The van der Waals surface area contributed by atoms with Crippen LogP contribution in [0.15, 0.2) is 58.2 Å². The number of aliphatic hydroxyl groups is 1. The predicted molar refractivity (Wildman–Crippen MR) is 142 cm³/mol. The summed E-state index contributed by atoms with van der Waals surface area (Å²) in [4.78, 5) is 20.7. The van der Waals surface area contributed by atoms with Crippen molar-refractivity contribution < 1.29 is 28.7 Å². The van der Waals surface area contributed by atoms with Crippen molar-refractivity contribution in [1.29, 1.82) is 0 Å². The molecule has 0 amide bonds. The van der Waals surface area contributed by atoms with E-state index in [1.54, 1.807) is 0 Å². The number of phosphoric acid groups is 1. The molecule has 0 heterocycles. The van der Waals surface area contributed by atoms with Crippen LogP contribution < -0.4 is 9.79 Å². The van der Waals surface area contributed by atoms with E-state index in [1.165, 1.54) is 27.9 Å². The number of hydrogen-bond acceptors (Lipinski definition) is 6. The first-order valence-electron chi connectivity index (χ1n) is 12.6. The summed E-state index contributed by atoms with van der Waals surface area (Å²) >= 11 is 0. The molecule has 7 heteroatoms. The first-order valence-corrected chi connectivity index (χ1v) is 14.0. The molecule has 0 rings (SSSR count). The number of ether oxygens (including phenoxy) is 1. The van der Waals surface area contributed by atoms with Crippen LogP contribution in [0.1, 0.15) is 92.9 Å². The minimum absolute atomic E-state index is 0.0953. The van der Waals surface area contributed by atoms with Gasteiger partial charge in [-0.3, -0.25) is 0 Å². The summed E-state index contributed by atoms with van der Waals surface area (Å²) < 4.78 is 19.7. The fourth-order valence-corrected chi connectivity index (χ4v) is 3.62. The summed E-state index contributed by atoms with van der Waals surface area (Å²) in [5, 5.41) is 9.51. The average Bonchev–Trinajstić information content (AvgIpc) is 2.74. The zero-order chi connectivity index (χ0) is 26.7. The fraction of sp³-hybridized carbons (Fsp3) is 0.643. The second kappa shape index (κ2) is 19.9. The van der Waals surface area contributed by atoms with Crippen LogP contribution in [0.2, 0.25) is 0 Å². The normalized spacial score (nSPS) is 14.9. The van der Waals surface area contributed by atoms with Crippen LogP contribution >= 0.6 is 7.82 Å². The Hall–Kier alpha value is -1.27. The number of aliphatic hydroxyl groups excluding tert-OH is 1. The maximum absolute atomic E-state index is 10.4. The smallest absolute Gasteiger partial charge is 0.101 e. The van der Waals surface area contributed by atoms with Gasteiger partial charge in [0.25, 0.3) is 0 Å². The van der Waals surface area contributed by atoms with Gasteiger partial charge in [0.05, 0.1) is 27.6 Å². The molecule has 0 saturated heterocycles. The minimum atomic E-state index is -5.06. The van der Waals surface area contributed by atoms with E-state index in [2.05, 4.69) is 63.4 Å². The zero-order valence-corrected chi connectivity index (χ0v) is 23.6. The van der Waals surface area contributed by atoms with Crippen LogP contribution in [0.4, 0.5) is 0 Å². The standard InChI is InChI=1S/C28H49O6P/c1-23(2)11-7-12-24(3)13-8-14-25(4)15-9-16-26(5)17-10-18-27(6)19-20-33-21-28(29)22-34-35(30,31)32/h11,13,15,17,19,28-29H,7-10,12,14,16,18,20-22H2,1-6H3,(H2,30,31,32)/p-2/b24-13+,25-15+,26-17+,27-19+/t28-/m0/s1. The Balaban J connectivity index is 4.06. The van der Waals surface area contributed by atoms with E-state index in [0.717, 1.165) is 51.4 Å². The van der Waals surface area contributed by atoms with Gasteiger partial charge < -0.3 is 28.7 Å². The Kier molecular flexibility index (Phi) is 19.1. The molecule has 0 unspecified atom stereocenters. The second-order valence-electron chi connectivity index (χ2n) is 9.57. The quantitative estimate of drug-likeness (QED) is 0.128. The summed E-state index contributed by atoms with van der Waals surface area (Å²) in [7, 11) is -5.06. The van der Waals surface area contributed by atoms with Crippen molar-refractivity contribution in [2.45, 2.75) is 99.0 Å². The maximum atomic E-state index is 10.4. The van der Waals surface area contributed by atoms with Gasteiger partial charge in [-0.2, -0.15) is 0 Å². The van der Waals surface area contributed by atoms with Crippen LogP contribution in [-0.4, -0.2) is 31.0 Å². The van der Waals surface area contributed by atoms with Gasteiger partial charge in [0.1, 0.15) is 6.10 Å². The summed E-state index contributed by atoms with van der Waals surface area (Å²) in [6.45, 7) is 12.6. The van der Waals surface area contributed by atoms with Crippen LogP contribution in [0.3, 0.4) is 0 Å². The highest BCUT2D eigenvalue weighted by molar-refractivity contribution is 7.43. The van der Waals surface area contributed by atoms with Crippen molar-refractivity contribution in [2.75, 3.05) is 19.8 Å². The summed E-state index contributed by atoms with van der Waals surface area (Å²) in [6.07, 6.45) is 18.7. The van der Waals surface area contributed by atoms with Crippen molar-refractivity contribution in [1.82, 2.24) is 0 Å². The molecule has 0 aliphatic heterocycles. The van der Waals surface area contributed by atoms with Crippen molar-refractivity contribution in [3.05, 3.63) is 58.2 Å². The van der Waals surface area contributed by atoms with Crippen LogP contribution in [0.25, 0.3) is 0 Å². The highest BCUT2D eigenvalue weighted by Crippen LogP contribution is 2.24. The second-order valence-corrected chi connectivity index (χ2v) is 10.7. The average molecular weight is 511 g/mol. The monoisotopic (exact) mass is 510 g/mol. The van der Waals surface area contributed by atoms with E-state index < -0.39 is 20.5 Å². The van der Waals surface area contributed by atoms with Gasteiger partial charge in [0.15, 0.2) is 0 Å². The van der Waals surface area contributed by atoms with E-state index in [9.17, 15) is 19.5 Å². The molecule has 0 fully saturated rings. The van der Waals surface area contributed by atoms with E-state index in [1.807, 2.05) is 13.0 Å². The number of rotatable bonds is 19. The van der Waals surface area contributed by atoms with E-state index >= 15 is 0 Å². The largest absolute Gasteiger partial charge is 0.790 e. The number of hydrogen-bond donors (Lipinski definition) is 1. The van der Waals surface area contributed by atoms with E-state index in [4.69, 9.17) is 4.74 Å². The summed E-state index contributed by atoms with van der Waals surface area (Å²) in [5.41, 5.74) is 6.90. The Morgan fingerprint density at radius 1 is 0.714 bits per heavy atom. The molecular formula is C28H47O6P-2. The number of phosphoric ester groups is 1. The molecule has 1 N–H and O–H groups in total. The van der Waals surface area contributed by atoms with Crippen LogP contribution in [0.5, 0.6) is 0 Å². The molecule has 0 spiro atoms. The lowest BCUT2D eigenvalue weighted by molar-refractivity contribution is -0.342. The Morgan fingerprint density at radius 3 is 1.51 bits per heavy atom. The molecule has 202 valence electrons. The molecule has 0 aliphatic rings. The summed E-state index contributed by atoms with van der Waals surface area (Å²) in [6, 6.07) is 0. The predicted octanol–water partition coefficient (Wildman–Crippen LogP) is 6.08. The van der Waals surface area contributed by atoms with Gasteiger partial charge >= 0.3 is 0 Å². The fourth-order valence-electron chi connectivity index (χ4n) is 3.27. The van der Waals surface area contributed by atoms with Crippen LogP contribution in [-0.2, 0) is 13.8 Å². The maximum Gasteiger partial charge on any atom is 0.101 e. The molecule has 0 aromatic heterocycles. The van der Waals surface area contributed by atoms with Crippen molar-refractivity contribution in [3.63, 3.8) is 0 Å². The first-order chi connectivity index (χ1) is 16.4. The van der Waals surface area contributed by atoms with Gasteiger partial charge in [-0.05, 0) is 92.9 Å². The third-order valence-corrected chi connectivity index (χ3v) is 5.94. The van der Waals surface area contributed by atoms with E-state index in [-0.39, 0.29) is 6.61 Å². The SMILES string of the molecule is CC(C)=CCC/C(C)=C/CC/C(C)=C/CC/C(C)=C/CC/C(C)=C/COC[C@H](O)COP(=O)([O-])[O-]. The van der Waals surface area contributed by atoms with Gasteiger partial charge in [0, 0.05) is 0 Å². The third kappa shape index (κ3) is 24.2. The molecule has 35 heavy (non-hydrogen) atoms. The Labute approximate surface area is 213 Å². The molecule has 6 nitrogen and oxygen atoms in total. The van der Waals surface area contributed by atoms with Crippen molar-refractivity contribution in [2.24, 2.45) is 0 Å². The molecule has 0 saturated carbocycles.